The molecule has 2 aromatic carbocycles. The Balaban J connectivity index is 1.60. The third-order valence-electron chi connectivity index (χ3n) is 3.96. The number of benzene rings is 2. The largest absolute Gasteiger partial charge is 0.436 e. The van der Waals surface area contributed by atoms with E-state index in [4.69, 9.17) is 16.0 Å². The fraction of sp³-hybridized carbons (Fsp3) is 0. The number of aromatic nitrogens is 2. The van der Waals surface area contributed by atoms with Gasteiger partial charge in [0.1, 0.15) is 10.5 Å². The average molecular weight is 395 g/mol. The number of anilines is 1. The molecule has 0 unspecified atom stereocenters. The van der Waals surface area contributed by atoms with Crippen LogP contribution in [0.25, 0.3) is 22.6 Å². The lowest BCUT2D eigenvalue weighted by molar-refractivity contribution is -0.384. The van der Waals surface area contributed by atoms with E-state index in [2.05, 4.69) is 15.3 Å². The fourth-order valence-corrected chi connectivity index (χ4v) is 2.80. The Bertz CT molecular complexity index is 1210. The van der Waals surface area contributed by atoms with Gasteiger partial charge in [-0.1, -0.05) is 11.6 Å². The summed E-state index contributed by atoms with van der Waals surface area (Å²) in [5.41, 5.74) is 2.10. The van der Waals surface area contributed by atoms with Gasteiger partial charge in [0.25, 0.3) is 11.6 Å². The zero-order valence-corrected chi connectivity index (χ0v) is 14.9. The highest BCUT2D eigenvalue weighted by Gasteiger charge is 2.17. The number of nitrogens with zero attached hydrogens (tertiary/aromatic N) is 3. The molecule has 2 aromatic heterocycles. The number of nitro benzene ring substituents is 1. The van der Waals surface area contributed by atoms with Crippen molar-refractivity contribution in [2.75, 3.05) is 5.32 Å². The molecule has 0 radical (unpaired) electrons. The van der Waals surface area contributed by atoms with Crippen molar-refractivity contribution >= 4 is 40.0 Å². The zero-order chi connectivity index (χ0) is 19.7. The highest BCUT2D eigenvalue weighted by atomic mass is 35.5. The molecular weight excluding hydrogens is 384 g/mol. The quantitative estimate of drug-likeness (QED) is 0.396. The van der Waals surface area contributed by atoms with Crippen molar-refractivity contribution < 1.29 is 14.1 Å². The predicted molar refractivity (Wildman–Crippen MR) is 103 cm³/mol. The van der Waals surface area contributed by atoms with Crippen molar-refractivity contribution in [2.45, 2.75) is 0 Å². The molecule has 8 nitrogen and oxygen atoms in total. The van der Waals surface area contributed by atoms with Crippen molar-refractivity contribution in [1.29, 1.82) is 0 Å². The Morgan fingerprint density at radius 2 is 2.04 bits per heavy atom. The van der Waals surface area contributed by atoms with Crippen LogP contribution in [0.15, 0.2) is 65.3 Å². The van der Waals surface area contributed by atoms with Gasteiger partial charge >= 0.3 is 0 Å². The molecule has 2 heterocycles. The average Bonchev–Trinajstić information content (AvgIpc) is 3.12. The summed E-state index contributed by atoms with van der Waals surface area (Å²) in [6.07, 6.45) is 3.29. The maximum absolute atomic E-state index is 12.4. The van der Waals surface area contributed by atoms with E-state index in [-0.39, 0.29) is 16.3 Å². The Morgan fingerprint density at radius 1 is 1.18 bits per heavy atom. The first kappa shape index (κ1) is 17.6. The summed E-state index contributed by atoms with van der Waals surface area (Å²) in [7, 11) is 0. The SMILES string of the molecule is O=C(Nc1ccc2oc(-c3cccnc3)nc2c1)c1ccc(Cl)c([N+](=O)[O-])c1. The molecule has 0 aliphatic heterocycles. The van der Waals surface area contributed by atoms with Crippen molar-refractivity contribution in [3.63, 3.8) is 0 Å². The number of pyridine rings is 1. The van der Waals surface area contributed by atoms with Gasteiger partial charge in [-0.05, 0) is 42.5 Å². The third-order valence-corrected chi connectivity index (χ3v) is 4.28. The van der Waals surface area contributed by atoms with E-state index in [9.17, 15) is 14.9 Å². The van der Waals surface area contributed by atoms with Crippen LogP contribution in [0, 0.1) is 10.1 Å². The molecule has 0 aliphatic carbocycles. The molecule has 0 aliphatic rings. The van der Waals surface area contributed by atoms with E-state index in [0.717, 1.165) is 11.6 Å². The molecule has 9 heteroatoms. The number of oxazole rings is 1. The van der Waals surface area contributed by atoms with Crippen LogP contribution < -0.4 is 5.32 Å². The maximum atomic E-state index is 12.4. The lowest BCUT2D eigenvalue weighted by atomic mass is 10.2. The number of hydrogen-bond acceptors (Lipinski definition) is 6. The smallest absolute Gasteiger partial charge is 0.288 e. The lowest BCUT2D eigenvalue weighted by Crippen LogP contribution is -2.12. The van der Waals surface area contributed by atoms with E-state index in [1.165, 1.54) is 12.1 Å². The third kappa shape index (κ3) is 3.40. The van der Waals surface area contributed by atoms with Gasteiger partial charge < -0.3 is 9.73 Å². The van der Waals surface area contributed by atoms with Gasteiger partial charge in [0.15, 0.2) is 5.58 Å². The summed E-state index contributed by atoms with van der Waals surface area (Å²) in [4.78, 5) is 31.2. The normalized spacial score (nSPS) is 10.8. The number of rotatable bonds is 4. The first-order chi connectivity index (χ1) is 13.5. The first-order valence-electron chi connectivity index (χ1n) is 8.07. The van der Waals surface area contributed by atoms with Crippen LogP contribution in [0.4, 0.5) is 11.4 Å². The lowest BCUT2D eigenvalue weighted by Gasteiger charge is -2.05. The number of hydrogen-bond donors (Lipinski definition) is 1. The zero-order valence-electron chi connectivity index (χ0n) is 14.1. The van der Waals surface area contributed by atoms with Crippen LogP contribution in [0.3, 0.4) is 0 Å². The predicted octanol–water partition coefficient (Wildman–Crippen LogP) is 4.70. The highest BCUT2D eigenvalue weighted by Crippen LogP contribution is 2.27. The first-order valence-corrected chi connectivity index (χ1v) is 8.45. The molecule has 0 fully saturated rings. The van der Waals surface area contributed by atoms with Gasteiger partial charge in [0.05, 0.1) is 10.5 Å². The topological polar surface area (TPSA) is 111 Å². The molecule has 1 N–H and O–H groups in total. The van der Waals surface area contributed by atoms with Gasteiger partial charge in [-0.25, -0.2) is 4.98 Å². The van der Waals surface area contributed by atoms with Crippen LogP contribution in [-0.4, -0.2) is 20.8 Å². The molecule has 0 atom stereocenters. The summed E-state index contributed by atoms with van der Waals surface area (Å²) >= 11 is 5.78. The van der Waals surface area contributed by atoms with Gasteiger partial charge in [-0.3, -0.25) is 19.9 Å². The van der Waals surface area contributed by atoms with Gasteiger partial charge in [-0.2, -0.15) is 0 Å². The Hall–Kier alpha value is -3.78. The second kappa shape index (κ2) is 7.09. The molecule has 138 valence electrons. The summed E-state index contributed by atoms with van der Waals surface area (Å²) in [6, 6.07) is 12.5. The molecule has 1 amide bonds. The molecular formula is C19H11ClN4O4. The molecule has 4 rings (SSSR count). The minimum absolute atomic E-state index is 0.0338. The maximum Gasteiger partial charge on any atom is 0.288 e. The van der Waals surface area contributed by atoms with Crippen molar-refractivity contribution in [1.82, 2.24) is 9.97 Å². The number of amides is 1. The van der Waals surface area contributed by atoms with E-state index in [0.29, 0.717) is 22.7 Å². The second-order valence-electron chi connectivity index (χ2n) is 5.82. The minimum atomic E-state index is -0.638. The molecule has 0 saturated carbocycles. The molecule has 28 heavy (non-hydrogen) atoms. The van der Waals surface area contributed by atoms with E-state index >= 15 is 0 Å². The Morgan fingerprint density at radius 3 is 2.79 bits per heavy atom. The van der Waals surface area contributed by atoms with Crippen LogP contribution in [0.2, 0.25) is 5.02 Å². The van der Waals surface area contributed by atoms with Crippen LogP contribution in [0.5, 0.6) is 0 Å². The monoisotopic (exact) mass is 394 g/mol. The number of halogens is 1. The highest BCUT2D eigenvalue weighted by molar-refractivity contribution is 6.32. The summed E-state index contributed by atoms with van der Waals surface area (Å²) in [5, 5.41) is 13.6. The second-order valence-corrected chi connectivity index (χ2v) is 6.23. The van der Waals surface area contributed by atoms with Crippen molar-refractivity contribution in [3.8, 4) is 11.5 Å². The van der Waals surface area contributed by atoms with Gasteiger partial charge in [0, 0.05) is 29.7 Å². The van der Waals surface area contributed by atoms with Crippen LogP contribution >= 0.6 is 11.6 Å². The van der Waals surface area contributed by atoms with Crippen LogP contribution in [0.1, 0.15) is 10.4 Å². The number of nitrogens with one attached hydrogen (secondary N) is 1. The van der Waals surface area contributed by atoms with Gasteiger partial charge in [-0.15, -0.1) is 0 Å². The van der Waals surface area contributed by atoms with Gasteiger partial charge in [0.2, 0.25) is 5.89 Å². The summed E-state index contributed by atoms with van der Waals surface area (Å²) < 4.78 is 5.70. The molecule has 0 bridgehead atoms. The number of carbonyl (C=O) groups excluding carboxylic acids is 1. The fourth-order valence-electron chi connectivity index (χ4n) is 2.62. The van der Waals surface area contributed by atoms with Crippen molar-refractivity contribution in [3.05, 3.63) is 81.6 Å². The van der Waals surface area contributed by atoms with E-state index in [1.807, 2.05) is 6.07 Å². The molecule has 0 spiro atoms. The Kier molecular flexibility index (Phi) is 4.46. The van der Waals surface area contributed by atoms with E-state index in [1.54, 1.807) is 36.7 Å². The number of carbonyl (C=O) groups is 1. The number of fused-ring (bicyclic) bond motifs is 1. The van der Waals surface area contributed by atoms with E-state index < -0.39 is 10.8 Å². The standard InChI is InChI=1S/C19H11ClN4O4/c20-14-5-3-11(8-16(14)24(26)27)18(25)22-13-4-6-17-15(9-13)23-19(28-17)12-2-1-7-21-10-12/h1-10H,(H,22,25). The van der Waals surface area contributed by atoms with Crippen LogP contribution in [-0.2, 0) is 0 Å². The number of nitro groups is 1. The summed E-state index contributed by atoms with van der Waals surface area (Å²) in [6.45, 7) is 0. The molecule has 4 aromatic rings. The van der Waals surface area contributed by atoms with Crippen molar-refractivity contribution in [2.24, 2.45) is 0 Å². The molecule has 0 saturated heterocycles. The summed E-state index contributed by atoms with van der Waals surface area (Å²) in [5.74, 6) is -0.0880. The Labute approximate surface area is 162 Å². The minimum Gasteiger partial charge on any atom is -0.436 e.